The van der Waals surface area contributed by atoms with E-state index >= 15 is 0 Å². The Morgan fingerprint density at radius 2 is 1.76 bits per heavy atom. The second-order valence-corrected chi connectivity index (χ2v) is 10.7. The zero-order chi connectivity index (χ0) is 24.0. The molecule has 1 atom stereocenters. The molecule has 3 aromatic rings. The van der Waals surface area contributed by atoms with Gasteiger partial charge in [-0.3, -0.25) is 4.98 Å². The van der Waals surface area contributed by atoms with Gasteiger partial charge in [0.25, 0.3) is 5.89 Å². The zero-order valence-corrected chi connectivity index (χ0v) is 20.3. The maximum atomic E-state index is 12.3. The van der Waals surface area contributed by atoms with Crippen LogP contribution in [0.25, 0.3) is 11.5 Å². The largest absolute Gasteiger partial charge is 0.390 e. The first kappa shape index (κ1) is 23.5. The highest BCUT2D eigenvalue weighted by Gasteiger charge is 2.55. The molecule has 2 aromatic heterocycles. The van der Waals surface area contributed by atoms with E-state index in [1.807, 2.05) is 18.2 Å². The van der Waals surface area contributed by atoms with Crippen LogP contribution in [-0.2, 0) is 12.0 Å². The third-order valence-corrected chi connectivity index (χ3v) is 6.57. The van der Waals surface area contributed by atoms with Crippen molar-refractivity contribution in [3.8, 4) is 11.5 Å². The molecule has 0 amide bonds. The zero-order valence-electron chi connectivity index (χ0n) is 20.3. The molecule has 3 heterocycles. The van der Waals surface area contributed by atoms with Crippen LogP contribution < -0.4 is 0 Å². The van der Waals surface area contributed by atoms with Gasteiger partial charge in [-0.05, 0) is 44.0 Å². The molecule has 2 N–H and O–H groups in total. The van der Waals surface area contributed by atoms with E-state index in [1.165, 1.54) is 5.56 Å². The first-order valence-corrected chi connectivity index (χ1v) is 11.4. The van der Waals surface area contributed by atoms with Gasteiger partial charge in [-0.2, -0.15) is 4.98 Å². The number of hydrogen-bond donors (Lipinski definition) is 2. The van der Waals surface area contributed by atoms with Gasteiger partial charge in [0.1, 0.15) is 5.60 Å². The molecule has 1 aliphatic rings. The molecule has 1 aliphatic heterocycles. The Bertz CT molecular complexity index is 1110. The minimum atomic E-state index is -1.24. The molecule has 0 spiro atoms. The fourth-order valence-electron chi connectivity index (χ4n) is 4.93. The summed E-state index contributed by atoms with van der Waals surface area (Å²) in [4.78, 5) is 11.1. The third-order valence-electron chi connectivity index (χ3n) is 6.57. The lowest BCUT2D eigenvalue weighted by molar-refractivity contribution is -0.127. The minimum absolute atomic E-state index is 0.278. The molecule has 1 aromatic carbocycles. The predicted octanol–water partition coefficient (Wildman–Crippen LogP) is 3.76. The van der Waals surface area contributed by atoms with Crippen molar-refractivity contribution in [2.45, 2.75) is 58.2 Å². The highest BCUT2D eigenvalue weighted by Crippen LogP contribution is 2.50. The maximum Gasteiger partial charge on any atom is 0.259 e. The summed E-state index contributed by atoms with van der Waals surface area (Å²) in [5.74, 6) is 1.16. The van der Waals surface area contributed by atoms with E-state index in [0.29, 0.717) is 28.8 Å². The maximum absolute atomic E-state index is 12.3. The molecular weight excluding hydrogens is 416 g/mol. The van der Waals surface area contributed by atoms with Crippen molar-refractivity contribution in [1.82, 2.24) is 20.0 Å². The first-order valence-electron chi connectivity index (χ1n) is 11.4. The van der Waals surface area contributed by atoms with E-state index < -0.39 is 11.2 Å². The van der Waals surface area contributed by atoms with Crippen molar-refractivity contribution in [1.29, 1.82) is 0 Å². The average molecular weight is 451 g/mol. The fourth-order valence-corrected chi connectivity index (χ4v) is 4.93. The summed E-state index contributed by atoms with van der Waals surface area (Å²) in [5, 5.41) is 26.4. The van der Waals surface area contributed by atoms with Gasteiger partial charge < -0.3 is 19.6 Å². The van der Waals surface area contributed by atoms with Crippen LogP contribution in [0.15, 0.2) is 47.2 Å². The molecule has 7 heteroatoms. The van der Waals surface area contributed by atoms with E-state index in [1.54, 1.807) is 26.2 Å². The molecule has 4 rings (SSSR count). The van der Waals surface area contributed by atoms with Gasteiger partial charge in [0.15, 0.2) is 5.82 Å². The van der Waals surface area contributed by atoms with Gasteiger partial charge in [-0.15, -0.1) is 0 Å². The molecule has 1 unspecified atom stereocenters. The van der Waals surface area contributed by atoms with E-state index in [0.717, 1.165) is 18.7 Å². The Hall–Kier alpha value is -2.61. The summed E-state index contributed by atoms with van der Waals surface area (Å²) in [6.45, 7) is 11.4. The van der Waals surface area contributed by atoms with Crippen LogP contribution in [0, 0.1) is 5.41 Å². The Labute approximate surface area is 195 Å². The normalized spacial score (nSPS) is 18.2. The highest BCUT2D eigenvalue weighted by atomic mass is 16.5. The van der Waals surface area contributed by atoms with Crippen LogP contribution >= 0.6 is 0 Å². The SMILES string of the molecule is CC(C)c1ccc(C(O)(c2cncc(-c3nc(CC(C)(C)O)no3)c2)C2(C)CN(C)C2)cc1. The van der Waals surface area contributed by atoms with Crippen LogP contribution in [-0.4, -0.2) is 56.0 Å². The first-order chi connectivity index (χ1) is 15.4. The Morgan fingerprint density at radius 3 is 2.33 bits per heavy atom. The highest BCUT2D eigenvalue weighted by molar-refractivity contribution is 5.55. The molecule has 0 radical (unpaired) electrons. The standard InChI is InChI=1S/C26H34N4O3/c1-17(2)18-7-9-20(10-8-18)26(32,25(5)15-30(6)16-25)21-11-19(13-27-14-21)23-28-22(29-33-23)12-24(3,4)31/h7-11,13-14,17,31-32H,12,15-16H2,1-6H3. The Kier molecular flexibility index (Phi) is 5.93. The summed E-state index contributed by atoms with van der Waals surface area (Å²) < 4.78 is 5.45. The number of aromatic nitrogens is 3. The van der Waals surface area contributed by atoms with E-state index in [4.69, 9.17) is 4.52 Å². The molecule has 0 saturated carbocycles. The average Bonchev–Trinajstić information content (AvgIpc) is 3.19. The number of benzene rings is 1. The van der Waals surface area contributed by atoms with Crippen LogP contribution in [0.1, 0.15) is 63.1 Å². The molecule has 176 valence electrons. The number of pyridine rings is 1. The summed E-state index contributed by atoms with van der Waals surface area (Å²) in [7, 11) is 2.06. The molecule has 0 bridgehead atoms. The van der Waals surface area contributed by atoms with Crippen molar-refractivity contribution in [2.24, 2.45) is 5.41 Å². The minimum Gasteiger partial charge on any atom is -0.390 e. The number of nitrogens with zero attached hydrogens (tertiary/aromatic N) is 4. The van der Waals surface area contributed by atoms with Crippen molar-refractivity contribution >= 4 is 0 Å². The summed E-state index contributed by atoms with van der Waals surface area (Å²) in [6, 6.07) is 10.1. The Morgan fingerprint density at radius 1 is 1.09 bits per heavy atom. The predicted molar refractivity (Wildman–Crippen MR) is 127 cm³/mol. The summed E-state index contributed by atoms with van der Waals surface area (Å²) in [5.41, 5.74) is 0.833. The summed E-state index contributed by atoms with van der Waals surface area (Å²) >= 11 is 0. The fraction of sp³-hybridized carbons (Fsp3) is 0.500. The quantitative estimate of drug-likeness (QED) is 0.566. The monoisotopic (exact) mass is 450 g/mol. The smallest absolute Gasteiger partial charge is 0.259 e. The lowest BCUT2D eigenvalue weighted by Gasteiger charge is -2.55. The second-order valence-electron chi connectivity index (χ2n) is 10.7. The van der Waals surface area contributed by atoms with Crippen molar-refractivity contribution in [3.05, 3.63) is 65.2 Å². The van der Waals surface area contributed by atoms with Gasteiger partial charge in [-0.25, -0.2) is 0 Å². The molecule has 7 nitrogen and oxygen atoms in total. The molecule has 1 fully saturated rings. The van der Waals surface area contributed by atoms with Gasteiger partial charge in [0.05, 0.1) is 11.2 Å². The lowest BCUT2D eigenvalue weighted by Crippen LogP contribution is -2.63. The molecular formula is C26H34N4O3. The van der Waals surface area contributed by atoms with Crippen LogP contribution in [0.5, 0.6) is 0 Å². The number of likely N-dealkylation sites (tertiary alicyclic amines) is 1. The molecule has 0 aliphatic carbocycles. The van der Waals surface area contributed by atoms with Gasteiger partial charge >= 0.3 is 0 Å². The van der Waals surface area contributed by atoms with Crippen LogP contribution in [0.3, 0.4) is 0 Å². The van der Waals surface area contributed by atoms with Crippen LogP contribution in [0.4, 0.5) is 0 Å². The number of hydrogen-bond acceptors (Lipinski definition) is 7. The van der Waals surface area contributed by atoms with Crippen molar-refractivity contribution in [3.63, 3.8) is 0 Å². The number of rotatable bonds is 7. The van der Waals surface area contributed by atoms with Gasteiger partial charge in [0.2, 0.25) is 0 Å². The topological polar surface area (TPSA) is 95.5 Å². The third kappa shape index (κ3) is 4.45. The Balaban J connectivity index is 1.76. The number of aliphatic hydroxyl groups is 2. The second kappa shape index (κ2) is 8.31. The van der Waals surface area contributed by atoms with E-state index in [-0.39, 0.29) is 11.8 Å². The van der Waals surface area contributed by atoms with Gasteiger partial charge in [-0.1, -0.05) is 50.2 Å². The molecule has 33 heavy (non-hydrogen) atoms. The van der Waals surface area contributed by atoms with Gasteiger partial charge in [0, 0.05) is 42.9 Å². The van der Waals surface area contributed by atoms with E-state index in [9.17, 15) is 10.2 Å². The summed E-state index contributed by atoms with van der Waals surface area (Å²) in [6.07, 6.45) is 3.65. The van der Waals surface area contributed by atoms with Crippen molar-refractivity contribution in [2.75, 3.05) is 20.1 Å². The molecule has 1 saturated heterocycles. The van der Waals surface area contributed by atoms with Crippen LogP contribution in [0.2, 0.25) is 0 Å². The van der Waals surface area contributed by atoms with Crippen molar-refractivity contribution < 1.29 is 14.7 Å². The lowest BCUT2D eigenvalue weighted by atomic mass is 9.62. The van der Waals surface area contributed by atoms with E-state index in [2.05, 4.69) is 60.0 Å².